The SMILES string of the molecule is CCN(C(=O)O)c1nc2cc(-c3cc(Cc4n[nH]c(=O)c5ccccc45)ccc3F)cc(Cl)c2[nH]1. The maximum atomic E-state index is 14.9. The number of amides is 1. The van der Waals surface area contributed by atoms with E-state index >= 15 is 0 Å². The zero-order chi connectivity index (χ0) is 24.7. The molecule has 0 aliphatic heterocycles. The van der Waals surface area contributed by atoms with E-state index in [1.54, 1.807) is 43.3 Å². The minimum Gasteiger partial charge on any atom is -0.465 e. The van der Waals surface area contributed by atoms with Gasteiger partial charge in [0, 0.05) is 23.9 Å². The molecule has 10 heteroatoms. The molecule has 0 fully saturated rings. The third-order valence-electron chi connectivity index (χ3n) is 5.82. The molecule has 0 radical (unpaired) electrons. The number of nitrogens with one attached hydrogen (secondary N) is 2. The summed E-state index contributed by atoms with van der Waals surface area (Å²) >= 11 is 6.45. The Kier molecular flexibility index (Phi) is 5.70. The third-order valence-corrected chi connectivity index (χ3v) is 6.12. The number of fused-ring (bicyclic) bond motifs is 2. The molecule has 0 spiro atoms. The average molecular weight is 492 g/mol. The molecule has 0 aliphatic rings. The number of benzene rings is 3. The van der Waals surface area contributed by atoms with E-state index < -0.39 is 11.9 Å². The zero-order valence-electron chi connectivity index (χ0n) is 18.5. The van der Waals surface area contributed by atoms with Gasteiger partial charge in [-0.05, 0) is 48.4 Å². The fourth-order valence-electron chi connectivity index (χ4n) is 4.12. The van der Waals surface area contributed by atoms with Crippen molar-refractivity contribution in [1.29, 1.82) is 0 Å². The summed E-state index contributed by atoms with van der Waals surface area (Å²) < 4.78 is 14.9. The van der Waals surface area contributed by atoms with Gasteiger partial charge in [-0.25, -0.2) is 24.2 Å². The van der Waals surface area contributed by atoms with Crippen molar-refractivity contribution >= 4 is 45.4 Å². The molecule has 2 aromatic heterocycles. The molecule has 1 amide bonds. The van der Waals surface area contributed by atoms with E-state index in [4.69, 9.17) is 11.6 Å². The average Bonchev–Trinajstić information content (AvgIpc) is 3.26. The van der Waals surface area contributed by atoms with Crippen LogP contribution in [0.3, 0.4) is 0 Å². The largest absolute Gasteiger partial charge is 0.465 e. The van der Waals surface area contributed by atoms with Crippen LogP contribution in [0.15, 0.2) is 59.4 Å². The number of carboxylic acid groups (broad SMARTS) is 1. The molecular weight excluding hydrogens is 473 g/mol. The van der Waals surface area contributed by atoms with Crippen molar-refractivity contribution in [2.45, 2.75) is 13.3 Å². The van der Waals surface area contributed by atoms with E-state index in [0.717, 1.165) is 15.8 Å². The summed E-state index contributed by atoms with van der Waals surface area (Å²) in [5, 5.41) is 17.7. The number of rotatable bonds is 5. The number of hydrogen-bond donors (Lipinski definition) is 3. The summed E-state index contributed by atoms with van der Waals surface area (Å²) in [5.74, 6) is -0.306. The predicted molar refractivity (Wildman–Crippen MR) is 133 cm³/mol. The van der Waals surface area contributed by atoms with Crippen molar-refractivity contribution in [2.75, 3.05) is 11.4 Å². The first-order valence-electron chi connectivity index (χ1n) is 10.8. The molecule has 0 aliphatic carbocycles. The van der Waals surface area contributed by atoms with Gasteiger partial charge in [0.2, 0.25) is 5.95 Å². The highest BCUT2D eigenvalue weighted by molar-refractivity contribution is 6.35. The lowest BCUT2D eigenvalue weighted by Gasteiger charge is -2.12. The van der Waals surface area contributed by atoms with Gasteiger partial charge in [0.1, 0.15) is 5.82 Å². The molecule has 0 saturated heterocycles. The van der Waals surface area contributed by atoms with Crippen molar-refractivity contribution in [2.24, 2.45) is 0 Å². The molecule has 0 bridgehead atoms. The normalized spacial score (nSPS) is 11.3. The van der Waals surface area contributed by atoms with Crippen LogP contribution >= 0.6 is 11.6 Å². The van der Waals surface area contributed by atoms with Gasteiger partial charge in [-0.3, -0.25) is 4.79 Å². The summed E-state index contributed by atoms with van der Waals surface area (Å²) in [6.45, 7) is 1.89. The summed E-state index contributed by atoms with van der Waals surface area (Å²) in [7, 11) is 0. The van der Waals surface area contributed by atoms with Crippen LogP contribution in [0, 0.1) is 5.82 Å². The lowest BCUT2D eigenvalue weighted by Crippen LogP contribution is -2.29. The van der Waals surface area contributed by atoms with Gasteiger partial charge in [0.05, 0.1) is 27.1 Å². The van der Waals surface area contributed by atoms with Crippen molar-refractivity contribution in [3.05, 3.63) is 87.0 Å². The second-order valence-electron chi connectivity index (χ2n) is 7.98. The second kappa shape index (κ2) is 8.84. The van der Waals surface area contributed by atoms with Crippen molar-refractivity contribution in [3.8, 4) is 11.1 Å². The van der Waals surface area contributed by atoms with Crippen molar-refractivity contribution < 1.29 is 14.3 Å². The van der Waals surface area contributed by atoms with Crippen LogP contribution < -0.4 is 10.5 Å². The van der Waals surface area contributed by atoms with Crippen molar-refractivity contribution in [3.63, 3.8) is 0 Å². The van der Waals surface area contributed by atoms with E-state index in [0.29, 0.717) is 39.7 Å². The standard InChI is InChI=1S/C25H19ClFN5O3/c1-2-32(25(34)35)24-28-21-12-14(11-18(26)22(21)29-24)17-9-13(7-8-19(17)27)10-20-15-5-3-4-6-16(15)23(33)31-30-20/h3-9,11-12H,2,10H2,1H3,(H,28,29)(H,31,33)(H,34,35). The Balaban J connectivity index is 1.56. The van der Waals surface area contributed by atoms with Gasteiger partial charge in [-0.2, -0.15) is 5.10 Å². The Labute approximate surface area is 203 Å². The molecule has 5 rings (SSSR count). The lowest BCUT2D eigenvalue weighted by molar-refractivity contribution is 0.202. The fourth-order valence-corrected chi connectivity index (χ4v) is 4.38. The van der Waals surface area contributed by atoms with E-state index in [9.17, 15) is 19.1 Å². The third kappa shape index (κ3) is 4.10. The molecule has 8 nitrogen and oxygen atoms in total. The number of halogens is 2. The van der Waals surface area contributed by atoms with Gasteiger partial charge >= 0.3 is 6.09 Å². The number of imidazole rings is 1. The molecule has 5 aromatic rings. The van der Waals surface area contributed by atoms with E-state index in [-0.39, 0.29) is 23.1 Å². The molecule has 3 N–H and O–H groups in total. The first kappa shape index (κ1) is 22.5. The number of aromatic amines is 2. The number of H-pyrrole nitrogens is 2. The first-order chi connectivity index (χ1) is 16.9. The number of hydrogen-bond acceptors (Lipinski definition) is 4. The van der Waals surface area contributed by atoms with Gasteiger partial charge in [0.15, 0.2) is 0 Å². The zero-order valence-corrected chi connectivity index (χ0v) is 19.2. The highest BCUT2D eigenvalue weighted by atomic mass is 35.5. The highest BCUT2D eigenvalue weighted by Gasteiger charge is 2.19. The minimum atomic E-state index is -1.15. The number of carbonyl (C=O) groups is 1. The molecule has 0 atom stereocenters. The van der Waals surface area contributed by atoms with Crippen LogP contribution in [-0.2, 0) is 6.42 Å². The van der Waals surface area contributed by atoms with Crippen LogP contribution in [0.4, 0.5) is 15.1 Å². The Morgan fingerprint density at radius 2 is 1.91 bits per heavy atom. The van der Waals surface area contributed by atoms with Crippen LogP contribution in [0.2, 0.25) is 5.02 Å². The maximum Gasteiger partial charge on any atom is 0.414 e. The summed E-state index contributed by atoms with van der Waals surface area (Å²) in [5.41, 5.74) is 2.87. The fraction of sp³-hybridized carbons (Fsp3) is 0.120. The summed E-state index contributed by atoms with van der Waals surface area (Å²) in [4.78, 5) is 31.9. The van der Waals surface area contributed by atoms with Crippen LogP contribution in [0.25, 0.3) is 32.9 Å². The maximum absolute atomic E-state index is 14.9. The summed E-state index contributed by atoms with van der Waals surface area (Å²) in [6, 6.07) is 15.2. The number of nitrogens with zero attached hydrogens (tertiary/aromatic N) is 3. The Bertz CT molecular complexity index is 1660. The van der Waals surface area contributed by atoms with Crippen LogP contribution in [-0.4, -0.2) is 37.9 Å². The monoisotopic (exact) mass is 491 g/mol. The number of aromatic nitrogens is 4. The van der Waals surface area contributed by atoms with Crippen LogP contribution in [0.1, 0.15) is 18.2 Å². The lowest BCUT2D eigenvalue weighted by atomic mass is 9.98. The molecule has 0 unspecified atom stereocenters. The van der Waals surface area contributed by atoms with Gasteiger partial charge in [-0.15, -0.1) is 0 Å². The Morgan fingerprint density at radius 1 is 1.14 bits per heavy atom. The Morgan fingerprint density at radius 3 is 2.66 bits per heavy atom. The van der Waals surface area contributed by atoms with Crippen LogP contribution in [0.5, 0.6) is 0 Å². The van der Waals surface area contributed by atoms with Gasteiger partial charge in [0.25, 0.3) is 5.56 Å². The topological polar surface area (TPSA) is 115 Å². The van der Waals surface area contributed by atoms with E-state index in [1.165, 1.54) is 6.07 Å². The molecule has 2 heterocycles. The molecule has 3 aromatic carbocycles. The molecule has 176 valence electrons. The smallest absolute Gasteiger partial charge is 0.414 e. The highest BCUT2D eigenvalue weighted by Crippen LogP contribution is 2.33. The van der Waals surface area contributed by atoms with E-state index in [2.05, 4.69) is 20.2 Å². The minimum absolute atomic E-state index is 0.138. The summed E-state index contributed by atoms with van der Waals surface area (Å²) in [6.07, 6.45) is -0.776. The van der Waals surface area contributed by atoms with Gasteiger partial charge < -0.3 is 10.1 Å². The Hall–Kier alpha value is -4.24. The predicted octanol–water partition coefficient (Wildman–Crippen LogP) is 5.35. The molecule has 35 heavy (non-hydrogen) atoms. The van der Waals surface area contributed by atoms with E-state index in [1.807, 2.05) is 12.1 Å². The number of anilines is 1. The van der Waals surface area contributed by atoms with Crippen molar-refractivity contribution in [1.82, 2.24) is 20.2 Å². The molecule has 0 saturated carbocycles. The quantitative estimate of drug-likeness (QED) is 0.306. The first-order valence-corrected chi connectivity index (χ1v) is 11.2. The molecular formula is C25H19ClFN5O3. The van der Waals surface area contributed by atoms with Gasteiger partial charge in [-0.1, -0.05) is 35.9 Å². The second-order valence-corrected chi connectivity index (χ2v) is 8.38.